The molecule has 0 unspecified atom stereocenters. The van der Waals surface area contributed by atoms with Crippen LogP contribution in [-0.2, 0) is 51.2 Å². The fourth-order valence-electron chi connectivity index (χ4n) is 15.7. The van der Waals surface area contributed by atoms with Crippen LogP contribution >= 0.6 is 162 Å². The molecule has 5 aliphatic rings. The summed E-state index contributed by atoms with van der Waals surface area (Å²) < 4.78 is 122. The Labute approximate surface area is 920 Å². The molecule has 7 N–H and O–H groups in total. The monoisotopic (exact) mass is 2310 g/mol. The van der Waals surface area contributed by atoms with Crippen LogP contribution in [0.25, 0.3) is 11.3 Å². The molecule has 5 aliphatic carbocycles. The summed E-state index contributed by atoms with van der Waals surface area (Å²) in [7, 11) is 0. The van der Waals surface area contributed by atoms with Crippen LogP contribution in [0.2, 0.25) is 35.2 Å². The molecule has 0 aliphatic heterocycles. The topological polar surface area (TPSA) is 384 Å². The average Bonchev–Trinajstić information content (AvgIpc) is 1.66. The molecule has 28 nitrogen and oxygen atoms in total. The van der Waals surface area contributed by atoms with E-state index in [1.165, 1.54) is 73.2 Å². The Kier molecular flexibility index (Phi) is 42.0. The Morgan fingerprint density at radius 3 is 0.760 bits per heavy atom. The number of benzene rings is 8. The summed E-state index contributed by atoms with van der Waals surface area (Å²) in [4.78, 5) is 89.2. The molecule has 7 aromatic heterocycles. The normalized spacial score (nSPS) is 13.7. The second kappa shape index (κ2) is 55.2. The van der Waals surface area contributed by atoms with Crippen molar-refractivity contribution in [1.29, 1.82) is 0 Å². The molecule has 8 aromatic carbocycles. The molecule has 0 atom stereocenters. The summed E-state index contributed by atoms with van der Waals surface area (Å²) in [5, 5.41) is 49.7. The Bertz CT molecular complexity index is 6970. The number of hydrogen-bond acceptors (Lipinski definition) is 28. The number of aromatic nitrogens is 14. The average molecular weight is 2320 g/mol. The third-order valence-electron chi connectivity index (χ3n) is 24.3. The van der Waals surface area contributed by atoms with Crippen molar-refractivity contribution >= 4 is 203 Å². The van der Waals surface area contributed by atoms with Crippen molar-refractivity contribution in [3.8, 4) is 11.3 Å². The smallest absolute Gasteiger partial charge is 0.265 e. The number of hydrogen-bond donors (Lipinski definition) is 7. The minimum atomic E-state index is -0.671. The van der Waals surface area contributed by atoms with E-state index in [0.29, 0.717) is 118 Å². The van der Waals surface area contributed by atoms with Crippen molar-refractivity contribution in [3.63, 3.8) is 0 Å². The van der Waals surface area contributed by atoms with Gasteiger partial charge in [-0.3, -0.25) is 33.6 Å². The summed E-state index contributed by atoms with van der Waals surface area (Å²) in [6.07, 6.45) is 17.5. The molecule has 0 spiro atoms. The summed E-state index contributed by atoms with van der Waals surface area (Å²) in [5.74, 6) is -3.90. The third-order valence-corrected chi connectivity index (χ3v) is 31.9. The van der Waals surface area contributed by atoms with Gasteiger partial charge >= 0.3 is 0 Å². The van der Waals surface area contributed by atoms with Gasteiger partial charge in [-0.1, -0.05) is 245 Å². The Hall–Kier alpha value is -11.5. The third kappa shape index (κ3) is 31.0. The van der Waals surface area contributed by atoms with Crippen LogP contribution in [0.1, 0.15) is 294 Å². The SMILES string of the molecule is CC(C)(C)c1nnsc1C(=O)NCc1c(F)cccc1Cl.O=C(NCc1c(Cl)cccc1Cl)c1snnc1C1CC1.O=C(NCc1c(F)cccc1Cl)c1snnc1-c1ccccc1.O=C(NCc1c(F)cccc1Cl)c1snnc1C1CCC1.O=C(NCc1c(F)cccc1Cl)c1snnc1C1CCCC1.O=C(NCc1c(F)cccc1Cl)c1snnc1C1CCCCC1.O=C(NCc1c(F)cccc1F)c1snnc1C1CC1. The van der Waals surface area contributed by atoms with Crippen LogP contribution in [-0.4, -0.2) is 108 Å². The van der Waals surface area contributed by atoms with Crippen molar-refractivity contribution in [2.75, 3.05) is 0 Å². The van der Waals surface area contributed by atoms with Gasteiger partial charge in [0.15, 0.2) is 0 Å². The number of carbonyl (C=O) groups excluding carboxylic acids is 7. The van der Waals surface area contributed by atoms with Gasteiger partial charge in [0.1, 0.15) is 80.6 Å². The predicted octanol–water partition coefficient (Wildman–Crippen LogP) is 25.5. The van der Waals surface area contributed by atoms with E-state index in [1.807, 2.05) is 51.1 Å². The fraction of sp³-hybridized carbons (Fsp3) is 0.317. The van der Waals surface area contributed by atoms with Gasteiger partial charge in [-0.25, -0.2) is 30.7 Å². The largest absolute Gasteiger partial charge is 0.347 e. The second-order valence-electron chi connectivity index (χ2n) is 35.6. The quantitative estimate of drug-likeness (QED) is 0.0235. The molecular weight excluding hydrogens is 2220 g/mol. The predicted molar refractivity (Wildman–Crippen MR) is 569 cm³/mol. The van der Waals surface area contributed by atoms with E-state index in [2.05, 4.69) is 104 Å². The Morgan fingerprint density at radius 1 is 0.253 bits per heavy atom. The standard InChI is InChI=1S/C16H17ClFN3OS.C16H11ClFN3OS.C15H15ClFN3OS.C14H13ClFN3OS.C14H15ClFN3OS.C13H11Cl2N3OS.C13H11F2N3OS/c2*17-12-7-4-8-13(18)11(12)9-19-16(22)15-14(20-21-23-15)10-5-2-1-3-6-10;16-11-6-3-7-12(17)10(11)8-18-15(21)14-13(19-20-22-14)9-4-1-2-5-9;15-10-5-2-6-11(16)9(10)7-17-14(20)13-12(18-19-21-13)8-3-1-4-8;1-14(2,3)12-11(21-19-18-12)13(20)17-7-8-9(15)5-4-6-10(8)16;2*14-9-2-1-3-10(15)8(9)6-16-13(19)12-11(7-4-5-7)17-18-20-12/h4,7-8,10H,1-3,5-6,9H2,(H,19,22);1-8H,9H2,(H,19,22);3,6-7,9H,1-2,4-5,8H2,(H,18,21);2,5-6,8H,1,3-4,7H2,(H,17,20);4-6H,7H2,1-3H3,(H,17,20);2*1-3,7H,4-6H2,(H,16,19). The first-order valence-corrected chi connectivity index (χ1v) is 55.2. The lowest BCUT2D eigenvalue weighted by molar-refractivity contribution is 0.0944. The second-order valence-corrected chi connectivity index (χ2v) is 43.8. The fourth-order valence-corrected chi connectivity index (χ4v) is 22.1. The van der Waals surface area contributed by atoms with E-state index in [4.69, 9.17) is 81.2 Å². The molecule has 5 fully saturated rings. The minimum Gasteiger partial charge on any atom is -0.347 e. The molecule has 49 heteroatoms. The summed E-state index contributed by atoms with van der Waals surface area (Å²) in [6.45, 7) is 6.11. The highest BCUT2D eigenvalue weighted by atomic mass is 35.5. The highest BCUT2D eigenvalue weighted by Gasteiger charge is 2.36. The maximum absolute atomic E-state index is 13.8. The first-order valence-electron chi connectivity index (χ1n) is 47.1. The molecule has 20 rings (SSSR count). The summed E-state index contributed by atoms with van der Waals surface area (Å²) >= 11 is 49.3. The minimum absolute atomic E-state index is 0.00350. The van der Waals surface area contributed by atoms with Crippen LogP contribution in [0.4, 0.5) is 30.7 Å². The van der Waals surface area contributed by atoms with Crippen LogP contribution in [0.3, 0.4) is 0 Å². The zero-order chi connectivity index (χ0) is 107. The van der Waals surface area contributed by atoms with Crippen LogP contribution < -0.4 is 37.2 Å². The first kappa shape index (κ1) is 114. The number of carbonyl (C=O) groups is 7. The van der Waals surface area contributed by atoms with Gasteiger partial charge in [-0.15, -0.1) is 35.7 Å². The van der Waals surface area contributed by atoms with Gasteiger partial charge < -0.3 is 37.2 Å². The zero-order valence-electron chi connectivity index (χ0n) is 79.9. The van der Waals surface area contributed by atoms with Gasteiger partial charge in [0.05, 0.1) is 34.2 Å². The Balaban J connectivity index is 0.000000138. The number of nitrogens with one attached hydrogen (secondary N) is 7. The molecule has 0 bridgehead atoms. The van der Waals surface area contributed by atoms with E-state index < -0.39 is 40.7 Å². The van der Waals surface area contributed by atoms with Crippen LogP contribution in [0.15, 0.2) is 158 Å². The van der Waals surface area contributed by atoms with Crippen LogP contribution in [0.5, 0.6) is 0 Å². The highest BCUT2D eigenvalue weighted by molar-refractivity contribution is 7.10. The molecule has 150 heavy (non-hydrogen) atoms. The first-order chi connectivity index (χ1) is 72.3. The number of amides is 7. The molecule has 0 radical (unpaired) electrons. The van der Waals surface area contributed by atoms with Gasteiger partial charge in [-0.2, -0.15) is 0 Å². The number of nitrogens with zero attached hydrogens (tertiary/aromatic N) is 14. The van der Waals surface area contributed by atoms with Crippen molar-refractivity contribution in [3.05, 3.63) is 341 Å². The molecular formula is C101H93Cl7F7N21O7S7. The summed E-state index contributed by atoms with van der Waals surface area (Å²) in [5.41, 5.74) is 7.45. The van der Waals surface area contributed by atoms with E-state index in [0.717, 1.165) is 223 Å². The van der Waals surface area contributed by atoms with E-state index in [-0.39, 0.29) is 124 Å². The van der Waals surface area contributed by atoms with Crippen molar-refractivity contribution in [2.24, 2.45) is 0 Å². The van der Waals surface area contributed by atoms with Crippen molar-refractivity contribution in [2.45, 2.75) is 204 Å². The molecule has 7 heterocycles. The van der Waals surface area contributed by atoms with E-state index in [1.54, 1.807) is 48.5 Å². The number of halogens is 14. The molecule has 784 valence electrons. The Morgan fingerprint density at radius 2 is 0.473 bits per heavy atom. The molecule has 0 saturated heterocycles. The zero-order valence-corrected chi connectivity index (χ0v) is 90.9. The molecule has 7 amide bonds. The lowest BCUT2D eigenvalue weighted by Gasteiger charge is -2.23. The number of rotatable bonds is 27. The van der Waals surface area contributed by atoms with Gasteiger partial charge in [0, 0.05) is 160 Å². The molecule has 15 aromatic rings. The maximum Gasteiger partial charge on any atom is 0.265 e. The maximum atomic E-state index is 13.8. The van der Waals surface area contributed by atoms with Crippen molar-refractivity contribution in [1.82, 2.24) is 104 Å². The lowest BCUT2D eigenvalue weighted by Crippen LogP contribution is -2.26. The van der Waals surface area contributed by atoms with Crippen molar-refractivity contribution < 1.29 is 64.3 Å². The highest BCUT2D eigenvalue weighted by Crippen LogP contribution is 2.44. The van der Waals surface area contributed by atoms with E-state index in [9.17, 15) is 64.3 Å². The van der Waals surface area contributed by atoms with Crippen LogP contribution in [0, 0.1) is 40.7 Å². The van der Waals surface area contributed by atoms with Gasteiger partial charge in [0.25, 0.3) is 41.4 Å². The van der Waals surface area contributed by atoms with E-state index >= 15 is 0 Å². The summed E-state index contributed by atoms with van der Waals surface area (Å²) in [6, 6.07) is 40.4. The van der Waals surface area contributed by atoms with Gasteiger partial charge in [-0.05, 0) is 230 Å². The van der Waals surface area contributed by atoms with Gasteiger partial charge in [0.2, 0.25) is 0 Å². The lowest BCUT2D eigenvalue weighted by atomic mass is 9.82. The molecule has 5 saturated carbocycles.